The molecule has 2 heterocycles. The van der Waals surface area contributed by atoms with Gasteiger partial charge in [0, 0.05) is 22.4 Å². The van der Waals surface area contributed by atoms with Crippen molar-refractivity contribution >= 4 is 11.8 Å². The summed E-state index contributed by atoms with van der Waals surface area (Å²) in [6.45, 7) is 1.92. The Morgan fingerprint density at radius 3 is 2.45 bits per heavy atom. The maximum atomic E-state index is 13.1. The Morgan fingerprint density at radius 1 is 1.07 bits per heavy atom. The van der Waals surface area contributed by atoms with Gasteiger partial charge < -0.3 is 15.1 Å². The summed E-state index contributed by atoms with van der Waals surface area (Å²) in [4.78, 5) is 0. The molecule has 0 amide bonds. The molecule has 2 N–H and O–H groups in total. The third-order valence-electron chi connectivity index (χ3n) is 4.48. The van der Waals surface area contributed by atoms with E-state index >= 15 is 0 Å². The maximum Gasteiger partial charge on any atom is 0.210 e. The molecule has 0 spiro atoms. The molecule has 0 atom stereocenters. The SMILES string of the molecule is COc1ccc(-c2nnc(SCc3noc(-c4ccc(F)cc4)c3C)n2N)cc1. The molecule has 0 unspecified atom stereocenters. The Bertz CT molecular complexity index is 1120. The number of rotatable bonds is 6. The number of ether oxygens (including phenoxy) is 1. The summed E-state index contributed by atoms with van der Waals surface area (Å²) < 4.78 is 25.2. The van der Waals surface area contributed by atoms with Gasteiger partial charge in [0.2, 0.25) is 5.16 Å². The lowest BCUT2D eigenvalue weighted by molar-refractivity contribution is 0.415. The number of hydrogen-bond donors (Lipinski definition) is 1. The van der Waals surface area contributed by atoms with Crippen molar-refractivity contribution in [3.8, 4) is 28.5 Å². The van der Waals surface area contributed by atoms with Gasteiger partial charge >= 0.3 is 0 Å². The zero-order valence-electron chi connectivity index (χ0n) is 15.8. The summed E-state index contributed by atoms with van der Waals surface area (Å²) in [7, 11) is 1.61. The van der Waals surface area contributed by atoms with Gasteiger partial charge in [-0.1, -0.05) is 16.9 Å². The molecule has 4 aromatic rings. The van der Waals surface area contributed by atoms with Crippen LogP contribution < -0.4 is 10.6 Å². The monoisotopic (exact) mass is 411 g/mol. The van der Waals surface area contributed by atoms with Crippen molar-refractivity contribution in [2.75, 3.05) is 13.0 Å². The lowest BCUT2D eigenvalue weighted by Gasteiger charge is -2.04. The molecule has 148 valence electrons. The Hall–Kier alpha value is -3.33. The lowest BCUT2D eigenvalue weighted by Crippen LogP contribution is -2.11. The molecule has 7 nitrogen and oxygen atoms in total. The molecule has 0 aliphatic rings. The molecule has 4 rings (SSSR count). The Kier molecular flexibility index (Phi) is 5.22. The highest BCUT2D eigenvalue weighted by molar-refractivity contribution is 7.98. The van der Waals surface area contributed by atoms with Crippen LogP contribution in [0.4, 0.5) is 4.39 Å². The van der Waals surface area contributed by atoms with Crippen molar-refractivity contribution in [3.05, 3.63) is 65.6 Å². The van der Waals surface area contributed by atoms with Gasteiger partial charge in [-0.25, -0.2) is 9.07 Å². The minimum absolute atomic E-state index is 0.295. The van der Waals surface area contributed by atoms with E-state index in [0.29, 0.717) is 22.5 Å². The van der Waals surface area contributed by atoms with E-state index in [1.54, 1.807) is 19.2 Å². The number of halogens is 1. The zero-order valence-corrected chi connectivity index (χ0v) is 16.6. The highest BCUT2D eigenvalue weighted by atomic mass is 32.2. The van der Waals surface area contributed by atoms with Crippen molar-refractivity contribution in [2.24, 2.45) is 0 Å². The van der Waals surface area contributed by atoms with E-state index in [4.69, 9.17) is 15.1 Å². The second-order valence-corrected chi connectivity index (χ2v) is 7.23. The van der Waals surface area contributed by atoms with Crippen LogP contribution in [0.15, 0.2) is 58.2 Å². The third kappa shape index (κ3) is 3.81. The molecule has 29 heavy (non-hydrogen) atoms. The first-order valence-corrected chi connectivity index (χ1v) is 9.74. The normalized spacial score (nSPS) is 11.0. The first-order chi connectivity index (χ1) is 14.1. The maximum absolute atomic E-state index is 13.1. The molecule has 0 aliphatic heterocycles. The molecule has 0 fully saturated rings. The van der Waals surface area contributed by atoms with Crippen LogP contribution in [-0.2, 0) is 5.75 Å². The van der Waals surface area contributed by atoms with E-state index in [9.17, 15) is 4.39 Å². The van der Waals surface area contributed by atoms with Gasteiger partial charge in [-0.2, -0.15) is 0 Å². The molecule has 0 saturated heterocycles. The molecule has 0 bridgehead atoms. The number of nitrogen functional groups attached to an aromatic ring is 1. The van der Waals surface area contributed by atoms with Gasteiger partial charge in [0.15, 0.2) is 11.6 Å². The van der Waals surface area contributed by atoms with Gasteiger partial charge in [0.25, 0.3) is 0 Å². The van der Waals surface area contributed by atoms with Crippen LogP contribution in [0.25, 0.3) is 22.7 Å². The van der Waals surface area contributed by atoms with E-state index < -0.39 is 0 Å². The lowest BCUT2D eigenvalue weighted by atomic mass is 10.1. The average Bonchev–Trinajstić information content (AvgIpc) is 3.29. The average molecular weight is 411 g/mol. The van der Waals surface area contributed by atoms with Gasteiger partial charge in [-0.15, -0.1) is 10.2 Å². The Labute approximate surface area is 170 Å². The predicted molar refractivity (Wildman–Crippen MR) is 108 cm³/mol. The van der Waals surface area contributed by atoms with Crippen molar-refractivity contribution < 1.29 is 13.7 Å². The Balaban J connectivity index is 1.50. The van der Waals surface area contributed by atoms with Crippen LogP contribution in [-0.4, -0.2) is 27.1 Å². The number of nitrogens with zero attached hydrogens (tertiary/aromatic N) is 4. The van der Waals surface area contributed by atoms with Crippen molar-refractivity contribution in [3.63, 3.8) is 0 Å². The number of hydrogen-bond acceptors (Lipinski definition) is 7. The van der Waals surface area contributed by atoms with E-state index in [1.807, 2.05) is 31.2 Å². The van der Waals surface area contributed by atoms with Crippen LogP contribution in [0, 0.1) is 12.7 Å². The number of nitrogens with two attached hydrogens (primary N) is 1. The molecule has 0 saturated carbocycles. The van der Waals surface area contributed by atoms with Gasteiger partial charge in [0.1, 0.15) is 11.6 Å². The summed E-state index contributed by atoms with van der Waals surface area (Å²) >= 11 is 1.41. The van der Waals surface area contributed by atoms with Gasteiger partial charge in [-0.05, 0) is 55.5 Å². The molecule has 9 heteroatoms. The van der Waals surface area contributed by atoms with Crippen molar-refractivity contribution in [2.45, 2.75) is 17.8 Å². The first-order valence-electron chi connectivity index (χ1n) is 8.75. The summed E-state index contributed by atoms with van der Waals surface area (Å²) in [6.07, 6.45) is 0. The second-order valence-electron chi connectivity index (χ2n) is 6.28. The fraction of sp³-hybridized carbons (Fsp3) is 0.150. The summed E-state index contributed by atoms with van der Waals surface area (Å²) in [5.74, 6) is 8.32. The van der Waals surface area contributed by atoms with E-state index in [-0.39, 0.29) is 5.82 Å². The molecule has 2 aromatic carbocycles. The fourth-order valence-corrected chi connectivity index (χ4v) is 3.68. The van der Waals surface area contributed by atoms with Crippen LogP contribution in [0.3, 0.4) is 0 Å². The second kappa shape index (κ2) is 7.96. The first kappa shape index (κ1) is 19.0. The van der Waals surface area contributed by atoms with Crippen LogP contribution in [0.5, 0.6) is 5.75 Å². The standard InChI is InChI=1S/C20H18FN5O2S/c1-12-17(25-28-18(12)13-3-7-15(21)8-4-13)11-29-20-24-23-19(26(20)22)14-5-9-16(27-2)10-6-14/h3-10H,11,22H2,1-2H3. The zero-order chi connectivity index (χ0) is 20.4. The minimum atomic E-state index is -0.295. The number of thioether (sulfide) groups is 1. The smallest absolute Gasteiger partial charge is 0.210 e. The third-order valence-corrected chi connectivity index (χ3v) is 5.43. The summed E-state index contributed by atoms with van der Waals surface area (Å²) in [6, 6.07) is 13.5. The van der Waals surface area contributed by atoms with Crippen molar-refractivity contribution in [1.29, 1.82) is 0 Å². The Morgan fingerprint density at radius 2 is 1.76 bits per heavy atom. The predicted octanol–water partition coefficient (Wildman–Crippen LogP) is 4.06. The molecule has 2 aromatic heterocycles. The number of methoxy groups -OCH3 is 1. The summed E-state index contributed by atoms with van der Waals surface area (Å²) in [5, 5.41) is 13.1. The van der Waals surface area contributed by atoms with Gasteiger partial charge in [-0.3, -0.25) is 0 Å². The molecule has 0 radical (unpaired) electrons. The number of benzene rings is 2. The summed E-state index contributed by atoms with van der Waals surface area (Å²) in [5.41, 5.74) is 3.27. The highest BCUT2D eigenvalue weighted by Gasteiger charge is 2.17. The highest BCUT2D eigenvalue weighted by Crippen LogP contribution is 2.30. The molecular formula is C20H18FN5O2S. The fourth-order valence-electron chi connectivity index (χ4n) is 2.82. The van der Waals surface area contributed by atoms with Crippen molar-refractivity contribution in [1.82, 2.24) is 20.0 Å². The quantitative estimate of drug-likeness (QED) is 0.378. The topological polar surface area (TPSA) is 92.0 Å². The minimum Gasteiger partial charge on any atom is -0.497 e. The van der Waals surface area contributed by atoms with Crippen LogP contribution >= 0.6 is 11.8 Å². The van der Waals surface area contributed by atoms with E-state index in [0.717, 1.165) is 28.1 Å². The van der Waals surface area contributed by atoms with E-state index in [2.05, 4.69) is 15.4 Å². The number of aromatic nitrogens is 4. The van der Waals surface area contributed by atoms with Crippen LogP contribution in [0.2, 0.25) is 0 Å². The largest absolute Gasteiger partial charge is 0.497 e. The van der Waals surface area contributed by atoms with Crippen LogP contribution in [0.1, 0.15) is 11.3 Å². The molecule has 0 aliphatic carbocycles. The van der Waals surface area contributed by atoms with E-state index in [1.165, 1.54) is 28.6 Å². The molecular weight excluding hydrogens is 393 g/mol. The van der Waals surface area contributed by atoms with Gasteiger partial charge in [0.05, 0.1) is 12.8 Å².